The van der Waals surface area contributed by atoms with Crippen molar-refractivity contribution in [3.05, 3.63) is 48.0 Å². The van der Waals surface area contributed by atoms with Gasteiger partial charge in [0.2, 0.25) is 5.91 Å². The summed E-state index contributed by atoms with van der Waals surface area (Å²) in [4.78, 5) is 21.5. The summed E-state index contributed by atoms with van der Waals surface area (Å²) in [7, 11) is 0. The summed E-state index contributed by atoms with van der Waals surface area (Å²) in [5.74, 6) is -1.60. The van der Waals surface area contributed by atoms with Crippen LogP contribution in [0.25, 0.3) is 10.8 Å². The Kier molecular flexibility index (Phi) is 3.57. The number of aliphatic carboxylic acids is 1. The second-order valence-corrected chi connectivity index (χ2v) is 4.03. The molecule has 0 aromatic heterocycles. The summed E-state index contributed by atoms with van der Waals surface area (Å²) in [6.45, 7) is 0.344. The van der Waals surface area contributed by atoms with Gasteiger partial charge < -0.3 is 10.4 Å². The molecule has 18 heavy (non-hydrogen) atoms. The molecule has 4 nitrogen and oxygen atoms in total. The van der Waals surface area contributed by atoms with Crippen LogP contribution in [0.2, 0.25) is 0 Å². The number of carboxylic acids is 1. The average Bonchev–Trinajstić information content (AvgIpc) is 2.35. The van der Waals surface area contributed by atoms with Crippen LogP contribution in [-0.4, -0.2) is 17.0 Å². The fourth-order valence-corrected chi connectivity index (χ4v) is 1.75. The van der Waals surface area contributed by atoms with Crippen molar-refractivity contribution in [1.29, 1.82) is 0 Å². The van der Waals surface area contributed by atoms with Crippen molar-refractivity contribution in [3.8, 4) is 0 Å². The van der Waals surface area contributed by atoms with Crippen LogP contribution in [0.3, 0.4) is 0 Å². The molecule has 4 heteroatoms. The number of carbonyl (C=O) groups excluding carboxylic acids is 1. The lowest BCUT2D eigenvalue weighted by molar-refractivity contribution is -0.140. The van der Waals surface area contributed by atoms with Crippen molar-refractivity contribution in [2.45, 2.75) is 13.0 Å². The van der Waals surface area contributed by atoms with E-state index in [1.54, 1.807) is 0 Å². The number of benzene rings is 2. The molecule has 2 aromatic rings. The van der Waals surface area contributed by atoms with Crippen LogP contribution in [0, 0.1) is 0 Å². The van der Waals surface area contributed by atoms with Gasteiger partial charge in [0.1, 0.15) is 6.42 Å². The first-order chi connectivity index (χ1) is 8.65. The minimum Gasteiger partial charge on any atom is -0.481 e. The van der Waals surface area contributed by atoms with E-state index in [0.717, 1.165) is 16.3 Å². The molecule has 0 aliphatic carbocycles. The molecule has 2 rings (SSSR count). The Morgan fingerprint density at radius 3 is 2.50 bits per heavy atom. The quantitative estimate of drug-likeness (QED) is 0.806. The predicted molar refractivity (Wildman–Crippen MR) is 68.0 cm³/mol. The van der Waals surface area contributed by atoms with Crippen molar-refractivity contribution in [2.24, 2.45) is 0 Å². The third-order valence-corrected chi connectivity index (χ3v) is 2.62. The zero-order valence-electron chi connectivity index (χ0n) is 9.72. The van der Waals surface area contributed by atoms with Crippen molar-refractivity contribution in [2.75, 3.05) is 0 Å². The Bertz CT molecular complexity index is 592. The number of nitrogens with one attached hydrogen (secondary N) is 1. The van der Waals surface area contributed by atoms with Gasteiger partial charge >= 0.3 is 5.97 Å². The van der Waals surface area contributed by atoms with E-state index in [-0.39, 0.29) is 0 Å². The van der Waals surface area contributed by atoms with Gasteiger partial charge in [-0.2, -0.15) is 0 Å². The highest BCUT2D eigenvalue weighted by Gasteiger charge is 2.06. The Morgan fingerprint density at radius 2 is 1.78 bits per heavy atom. The molecule has 1 amide bonds. The molecule has 0 unspecified atom stereocenters. The van der Waals surface area contributed by atoms with E-state index in [1.165, 1.54) is 0 Å². The Labute approximate surface area is 104 Å². The third kappa shape index (κ3) is 3.07. The van der Waals surface area contributed by atoms with Gasteiger partial charge in [0.15, 0.2) is 0 Å². The lowest BCUT2D eigenvalue weighted by Gasteiger charge is -2.05. The highest BCUT2D eigenvalue weighted by molar-refractivity contribution is 5.93. The van der Waals surface area contributed by atoms with Crippen LogP contribution in [-0.2, 0) is 16.1 Å². The standard InChI is InChI=1S/C14H13NO3/c16-13(8-14(17)18)15-9-10-5-6-11-3-1-2-4-12(11)7-10/h1-7H,8-9H2,(H,15,16)(H,17,18). The monoisotopic (exact) mass is 243 g/mol. The lowest BCUT2D eigenvalue weighted by Crippen LogP contribution is -2.24. The molecule has 92 valence electrons. The Morgan fingerprint density at radius 1 is 1.06 bits per heavy atom. The zero-order valence-corrected chi connectivity index (χ0v) is 9.72. The largest absolute Gasteiger partial charge is 0.481 e. The molecule has 0 radical (unpaired) electrons. The SMILES string of the molecule is O=C(O)CC(=O)NCc1ccc2ccccc2c1. The molecule has 0 aliphatic heterocycles. The number of amides is 1. The van der Waals surface area contributed by atoms with Crippen LogP contribution >= 0.6 is 0 Å². The van der Waals surface area contributed by atoms with Gasteiger partial charge in [-0.05, 0) is 22.4 Å². The predicted octanol–water partition coefficient (Wildman–Crippen LogP) is 1.93. The van der Waals surface area contributed by atoms with Crippen LogP contribution < -0.4 is 5.32 Å². The minimum absolute atomic E-state index is 0.344. The number of rotatable bonds is 4. The van der Waals surface area contributed by atoms with Crippen molar-refractivity contribution in [3.63, 3.8) is 0 Å². The van der Waals surface area contributed by atoms with Gasteiger partial charge in [-0.3, -0.25) is 9.59 Å². The van der Waals surface area contributed by atoms with E-state index in [1.807, 2.05) is 42.5 Å². The number of hydrogen-bond acceptors (Lipinski definition) is 2. The topological polar surface area (TPSA) is 66.4 Å². The molecule has 0 saturated carbocycles. The Hall–Kier alpha value is -2.36. The minimum atomic E-state index is -1.12. The van der Waals surface area contributed by atoms with E-state index in [0.29, 0.717) is 6.54 Å². The molecule has 0 bridgehead atoms. The zero-order chi connectivity index (χ0) is 13.0. The molecule has 2 N–H and O–H groups in total. The maximum absolute atomic E-state index is 11.2. The highest BCUT2D eigenvalue weighted by atomic mass is 16.4. The lowest BCUT2D eigenvalue weighted by atomic mass is 10.1. The fourth-order valence-electron chi connectivity index (χ4n) is 1.75. The molecular weight excluding hydrogens is 230 g/mol. The van der Waals surface area contributed by atoms with E-state index in [4.69, 9.17) is 5.11 Å². The van der Waals surface area contributed by atoms with Crippen LogP contribution in [0.15, 0.2) is 42.5 Å². The normalized spacial score (nSPS) is 10.2. The molecule has 0 aliphatic rings. The smallest absolute Gasteiger partial charge is 0.312 e. The van der Waals surface area contributed by atoms with Crippen molar-refractivity contribution < 1.29 is 14.7 Å². The second kappa shape index (κ2) is 5.31. The molecule has 0 fully saturated rings. The van der Waals surface area contributed by atoms with Crippen LogP contribution in [0.4, 0.5) is 0 Å². The maximum atomic E-state index is 11.2. The Balaban J connectivity index is 2.04. The molecule has 0 heterocycles. The average molecular weight is 243 g/mol. The molecule has 0 saturated heterocycles. The fraction of sp³-hybridized carbons (Fsp3) is 0.143. The third-order valence-electron chi connectivity index (χ3n) is 2.62. The first-order valence-corrected chi connectivity index (χ1v) is 5.61. The molecular formula is C14H13NO3. The van der Waals surface area contributed by atoms with E-state index in [2.05, 4.69) is 5.32 Å². The van der Waals surface area contributed by atoms with E-state index in [9.17, 15) is 9.59 Å². The summed E-state index contributed by atoms with van der Waals surface area (Å²) < 4.78 is 0. The molecule has 0 atom stereocenters. The van der Waals surface area contributed by atoms with Gasteiger partial charge in [-0.1, -0.05) is 36.4 Å². The number of carboxylic acid groups (broad SMARTS) is 1. The second-order valence-electron chi connectivity index (χ2n) is 4.03. The van der Waals surface area contributed by atoms with Gasteiger partial charge in [-0.25, -0.2) is 0 Å². The van der Waals surface area contributed by atoms with Gasteiger partial charge in [0.25, 0.3) is 0 Å². The van der Waals surface area contributed by atoms with Crippen molar-refractivity contribution in [1.82, 2.24) is 5.32 Å². The van der Waals surface area contributed by atoms with Gasteiger partial charge in [0, 0.05) is 6.54 Å². The molecule has 0 spiro atoms. The maximum Gasteiger partial charge on any atom is 0.312 e. The summed E-state index contributed by atoms with van der Waals surface area (Å²) in [6, 6.07) is 13.8. The number of fused-ring (bicyclic) bond motifs is 1. The molecule has 2 aromatic carbocycles. The summed E-state index contributed by atoms with van der Waals surface area (Å²) >= 11 is 0. The highest BCUT2D eigenvalue weighted by Crippen LogP contribution is 2.15. The van der Waals surface area contributed by atoms with E-state index < -0.39 is 18.3 Å². The van der Waals surface area contributed by atoms with Crippen molar-refractivity contribution >= 4 is 22.6 Å². The number of hydrogen-bond donors (Lipinski definition) is 2. The first-order valence-electron chi connectivity index (χ1n) is 5.61. The van der Waals surface area contributed by atoms with Crippen LogP contribution in [0.5, 0.6) is 0 Å². The van der Waals surface area contributed by atoms with Crippen LogP contribution in [0.1, 0.15) is 12.0 Å². The summed E-state index contributed by atoms with van der Waals surface area (Å²) in [6.07, 6.45) is -0.492. The van der Waals surface area contributed by atoms with E-state index >= 15 is 0 Å². The number of carbonyl (C=O) groups is 2. The summed E-state index contributed by atoms with van der Waals surface area (Å²) in [5.41, 5.74) is 0.951. The first kappa shape index (κ1) is 12.1. The van der Waals surface area contributed by atoms with Gasteiger partial charge in [0.05, 0.1) is 0 Å². The summed E-state index contributed by atoms with van der Waals surface area (Å²) in [5, 5.41) is 13.3. The van der Waals surface area contributed by atoms with Gasteiger partial charge in [-0.15, -0.1) is 0 Å².